The Morgan fingerprint density at radius 3 is 2.04 bits per heavy atom. The molecular weight excluding hydrogens is 627 g/mol. The Balaban J connectivity index is 1.40. The molecule has 1 aromatic heterocycles. The van der Waals surface area contributed by atoms with E-state index in [0.29, 0.717) is 32.5 Å². The number of hydrogen-bond donors (Lipinski definition) is 3. The van der Waals surface area contributed by atoms with E-state index in [4.69, 9.17) is 23.2 Å². The van der Waals surface area contributed by atoms with Gasteiger partial charge < -0.3 is 16.0 Å². The van der Waals surface area contributed by atoms with Gasteiger partial charge in [-0.05, 0) is 66.2 Å². The number of nitrogens with zero attached hydrogens (tertiary/aromatic N) is 1. The molecule has 0 saturated heterocycles. The summed E-state index contributed by atoms with van der Waals surface area (Å²) in [6.45, 7) is 0. The molecule has 10 heteroatoms. The Hall–Kier alpha value is -4.89. The molecule has 1 atom stereocenters. The molecule has 4 aromatic carbocycles. The largest absolute Gasteiger partial charge is 0.325 e. The summed E-state index contributed by atoms with van der Waals surface area (Å²) in [5, 5.41) is 8.54. The van der Waals surface area contributed by atoms with Crippen molar-refractivity contribution in [3.8, 4) is 0 Å². The number of carbonyl (C=O) groups excluding carboxylic acids is 3. The zero-order chi connectivity index (χ0) is 31.6. The molecule has 0 saturated carbocycles. The van der Waals surface area contributed by atoms with Crippen LogP contribution in [0.5, 0.6) is 0 Å². The minimum absolute atomic E-state index is 0.0594. The first-order chi connectivity index (χ1) is 21.9. The number of rotatable bonds is 10. The number of amides is 3. The number of nitrogens with one attached hydrogen (secondary N) is 3. The zero-order valence-electron chi connectivity index (χ0n) is 23.6. The number of thioether (sulfide) groups is 1. The summed E-state index contributed by atoms with van der Waals surface area (Å²) in [5.74, 6) is -1.28. The molecule has 45 heavy (non-hydrogen) atoms. The van der Waals surface area contributed by atoms with Gasteiger partial charge in [0.1, 0.15) is 10.9 Å². The smallest absolute Gasteiger partial charge is 0.272 e. The topological polar surface area (TPSA) is 100 Å². The molecule has 5 aromatic rings. The van der Waals surface area contributed by atoms with Crippen molar-refractivity contribution in [1.29, 1.82) is 0 Å². The first kappa shape index (κ1) is 31.5. The van der Waals surface area contributed by atoms with E-state index >= 15 is 0 Å². The predicted molar refractivity (Wildman–Crippen MR) is 181 cm³/mol. The number of anilines is 2. The van der Waals surface area contributed by atoms with Crippen LogP contribution in [0.25, 0.3) is 6.08 Å². The highest BCUT2D eigenvalue weighted by molar-refractivity contribution is 8.00. The highest BCUT2D eigenvalue weighted by Crippen LogP contribution is 2.37. The molecule has 0 fully saturated rings. The van der Waals surface area contributed by atoms with E-state index in [-0.39, 0.29) is 11.6 Å². The Kier molecular flexibility index (Phi) is 10.7. The van der Waals surface area contributed by atoms with Crippen molar-refractivity contribution < 1.29 is 14.4 Å². The zero-order valence-corrected chi connectivity index (χ0v) is 25.9. The average molecular weight is 654 g/mol. The van der Waals surface area contributed by atoms with E-state index in [9.17, 15) is 14.4 Å². The van der Waals surface area contributed by atoms with Crippen LogP contribution in [0, 0.1) is 0 Å². The van der Waals surface area contributed by atoms with Gasteiger partial charge in [0.2, 0.25) is 5.91 Å². The van der Waals surface area contributed by atoms with Gasteiger partial charge in [0.15, 0.2) is 0 Å². The molecule has 0 aliphatic rings. The van der Waals surface area contributed by atoms with Crippen LogP contribution in [0.4, 0.5) is 11.4 Å². The van der Waals surface area contributed by atoms with Gasteiger partial charge in [-0.15, -0.1) is 11.8 Å². The van der Waals surface area contributed by atoms with E-state index < -0.39 is 17.1 Å². The maximum Gasteiger partial charge on any atom is 0.272 e. The van der Waals surface area contributed by atoms with Gasteiger partial charge in [0, 0.05) is 49.8 Å². The average Bonchev–Trinajstić information content (AvgIpc) is 3.06. The van der Waals surface area contributed by atoms with Crippen molar-refractivity contribution in [1.82, 2.24) is 10.3 Å². The summed E-state index contributed by atoms with van der Waals surface area (Å²) in [7, 11) is 0. The number of halogens is 2. The highest BCUT2D eigenvalue weighted by Gasteiger charge is 2.23. The van der Waals surface area contributed by atoms with Gasteiger partial charge >= 0.3 is 0 Å². The minimum Gasteiger partial charge on any atom is -0.325 e. The summed E-state index contributed by atoms with van der Waals surface area (Å²) >= 11 is 14.1. The molecule has 0 bridgehead atoms. The van der Waals surface area contributed by atoms with E-state index in [1.807, 2.05) is 36.4 Å². The molecule has 224 valence electrons. The third-order valence-corrected chi connectivity index (χ3v) is 8.36. The Morgan fingerprint density at radius 2 is 1.36 bits per heavy atom. The third kappa shape index (κ3) is 8.61. The van der Waals surface area contributed by atoms with E-state index in [0.717, 1.165) is 10.5 Å². The second kappa shape index (κ2) is 15.2. The summed E-state index contributed by atoms with van der Waals surface area (Å²) < 4.78 is 0. The fourth-order valence-electron chi connectivity index (χ4n) is 4.26. The van der Waals surface area contributed by atoms with Crippen LogP contribution in [0.2, 0.25) is 10.0 Å². The summed E-state index contributed by atoms with van der Waals surface area (Å²) in [5.41, 5.74) is 2.60. The van der Waals surface area contributed by atoms with E-state index in [1.54, 1.807) is 91.3 Å². The van der Waals surface area contributed by atoms with Crippen LogP contribution >= 0.6 is 35.0 Å². The number of carbonyl (C=O) groups is 3. The predicted octanol–water partition coefficient (Wildman–Crippen LogP) is 8.27. The number of aromatic nitrogens is 1. The maximum absolute atomic E-state index is 13.6. The third-order valence-electron chi connectivity index (χ3n) is 6.45. The standard InChI is InChI=1S/C35H26Cl2N4O3S/c36-29-15-8-16-30(37)28(29)22-31(41-33(42)24-11-5-2-6-12-24)34(43)40-26-13-7-14-27(21-26)45-32(23-9-3-1-4-10-23)35(44)39-25-17-19-38-20-18-25/h1-22,32H,(H,40,43)(H,41,42)(H,38,39,44)/b31-22+. The Bertz CT molecular complexity index is 1820. The molecule has 1 unspecified atom stereocenters. The SMILES string of the molecule is O=C(Nc1cccc(SC(C(=O)Nc2ccncc2)c2ccccc2)c1)/C(=C\c1c(Cl)cccc1Cl)NC(=O)c1ccccc1. The molecule has 7 nitrogen and oxygen atoms in total. The maximum atomic E-state index is 13.6. The van der Waals surface area contributed by atoms with Crippen LogP contribution in [0.15, 0.2) is 138 Å². The first-order valence-corrected chi connectivity index (χ1v) is 15.4. The fraction of sp³-hybridized carbons (Fsp3) is 0.0286. The van der Waals surface area contributed by atoms with Gasteiger partial charge in [0.05, 0.1) is 0 Å². The van der Waals surface area contributed by atoms with Crippen LogP contribution in [0.3, 0.4) is 0 Å². The second-order valence-electron chi connectivity index (χ2n) is 9.63. The van der Waals surface area contributed by atoms with E-state index in [1.165, 1.54) is 17.8 Å². The molecule has 1 heterocycles. The van der Waals surface area contributed by atoms with Gasteiger partial charge in [-0.2, -0.15) is 0 Å². The van der Waals surface area contributed by atoms with Crippen molar-refractivity contribution in [2.45, 2.75) is 10.1 Å². The summed E-state index contributed by atoms with van der Waals surface area (Å²) in [4.78, 5) is 44.8. The number of pyridine rings is 1. The molecule has 0 aliphatic carbocycles. The fourth-order valence-corrected chi connectivity index (χ4v) is 5.85. The molecule has 3 amide bonds. The molecule has 0 spiro atoms. The monoisotopic (exact) mass is 652 g/mol. The first-order valence-electron chi connectivity index (χ1n) is 13.7. The lowest BCUT2D eigenvalue weighted by atomic mass is 10.1. The second-order valence-corrected chi connectivity index (χ2v) is 11.6. The number of hydrogen-bond acceptors (Lipinski definition) is 5. The van der Waals surface area contributed by atoms with Crippen LogP contribution in [-0.2, 0) is 9.59 Å². The quantitative estimate of drug-likeness (QED) is 0.104. The lowest BCUT2D eigenvalue weighted by Crippen LogP contribution is -2.30. The van der Waals surface area contributed by atoms with Crippen LogP contribution in [-0.4, -0.2) is 22.7 Å². The lowest BCUT2D eigenvalue weighted by Gasteiger charge is -2.18. The van der Waals surface area contributed by atoms with Gasteiger partial charge in [-0.3, -0.25) is 19.4 Å². The molecule has 5 rings (SSSR count). The van der Waals surface area contributed by atoms with Crippen molar-refractivity contribution >= 4 is 70.1 Å². The molecule has 3 N–H and O–H groups in total. The highest BCUT2D eigenvalue weighted by atomic mass is 35.5. The van der Waals surface area contributed by atoms with Crippen LogP contribution < -0.4 is 16.0 Å². The Morgan fingerprint density at radius 1 is 0.711 bits per heavy atom. The van der Waals surface area contributed by atoms with Crippen LogP contribution in [0.1, 0.15) is 26.7 Å². The van der Waals surface area contributed by atoms with Gasteiger partial charge in [-0.25, -0.2) is 0 Å². The lowest BCUT2D eigenvalue weighted by molar-refractivity contribution is -0.116. The van der Waals surface area contributed by atoms with Gasteiger partial charge in [-0.1, -0.05) is 83.9 Å². The minimum atomic E-state index is -0.590. The van der Waals surface area contributed by atoms with Gasteiger partial charge in [0.25, 0.3) is 11.8 Å². The number of benzene rings is 4. The summed E-state index contributed by atoms with van der Waals surface area (Å²) in [6, 6.07) is 33.5. The normalized spacial score (nSPS) is 11.7. The molecule has 0 radical (unpaired) electrons. The molecular formula is C35H26Cl2N4O3S. The Labute approximate surface area is 274 Å². The molecule has 0 aliphatic heterocycles. The van der Waals surface area contributed by atoms with Crippen molar-refractivity contribution in [2.75, 3.05) is 10.6 Å². The van der Waals surface area contributed by atoms with Crippen molar-refractivity contribution in [3.05, 3.63) is 160 Å². The summed E-state index contributed by atoms with van der Waals surface area (Å²) in [6.07, 6.45) is 4.66. The van der Waals surface area contributed by atoms with Crippen molar-refractivity contribution in [3.63, 3.8) is 0 Å². The van der Waals surface area contributed by atoms with Crippen molar-refractivity contribution in [2.24, 2.45) is 0 Å². The van der Waals surface area contributed by atoms with E-state index in [2.05, 4.69) is 20.9 Å².